The van der Waals surface area contributed by atoms with Gasteiger partial charge in [-0.1, -0.05) is 0 Å². The quantitative estimate of drug-likeness (QED) is 0.307. The summed E-state index contributed by atoms with van der Waals surface area (Å²) >= 11 is 22.3. The molecule has 0 unspecified atom stereocenters. The largest absolute Gasteiger partial charge is 0.338 e. The molecule has 0 radical (unpaired) electrons. The van der Waals surface area contributed by atoms with Crippen LogP contribution in [0.25, 0.3) is 0 Å². The van der Waals surface area contributed by atoms with Gasteiger partial charge >= 0.3 is 6.00 Å². The predicted molar refractivity (Wildman–Crippen MR) is 52.2 cm³/mol. The third kappa shape index (κ3) is 9.59. The number of halogens is 4. The minimum atomic E-state index is -2.27. The summed E-state index contributed by atoms with van der Waals surface area (Å²) in [7, 11) is -0.159. The smallest absolute Gasteiger partial charge is 0.127 e. The van der Waals surface area contributed by atoms with Crippen molar-refractivity contribution in [3.63, 3.8) is 0 Å². The molecule has 0 bridgehead atoms. The van der Waals surface area contributed by atoms with E-state index in [1.807, 2.05) is 0 Å². The lowest BCUT2D eigenvalue weighted by molar-refractivity contribution is 1.45. The fourth-order valence-corrected chi connectivity index (χ4v) is 7.39. The average Bonchev–Trinajstić information content (AvgIpc) is 1.63. The number of rotatable bonds is 4. The van der Waals surface area contributed by atoms with Crippen molar-refractivity contribution in [2.45, 2.75) is 11.7 Å². The molecular weight excluding hydrogens is 234 g/mol. The van der Waals surface area contributed by atoms with Crippen molar-refractivity contribution in [1.82, 2.24) is 0 Å². The molecule has 0 heterocycles. The minimum absolute atomic E-state index is 0.159. The zero-order chi connectivity index (χ0) is 7.33. The lowest BCUT2D eigenvalue weighted by Crippen LogP contribution is -2.12. The Morgan fingerprint density at radius 3 is 2.11 bits per heavy atom. The van der Waals surface area contributed by atoms with Crippen molar-refractivity contribution in [2.24, 2.45) is 0 Å². The molecule has 0 fully saturated rings. The van der Waals surface area contributed by atoms with Crippen LogP contribution in [-0.4, -0.2) is 21.4 Å². The number of alkyl halides is 1. The zero-order valence-corrected chi connectivity index (χ0v) is 10.3. The van der Waals surface area contributed by atoms with Crippen LogP contribution in [0.2, 0.25) is 11.7 Å². The molecule has 0 aromatic heterocycles. The lowest BCUT2D eigenvalue weighted by atomic mass is 11.0. The summed E-state index contributed by atoms with van der Waals surface area (Å²) in [6.07, 6.45) is 0. The molecule has 0 N–H and O–H groups in total. The molecule has 0 nitrogen and oxygen atoms in total. The molecule has 0 aromatic rings. The minimum Gasteiger partial charge on any atom is -0.127 e. The molecule has 0 saturated carbocycles. The molecule has 0 saturated heterocycles. The van der Waals surface area contributed by atoms with Gasteiger partial charge < -0.3 is 0 Å². The summed E-state index contributed by atoms with van der Waals surface area (Å²) in [5, 5.41) is 0. The molecule has 0 aliphatic heterocycles. The van der Waals surface area contributed by atoms with E-state index in [0.29, 0.717) is 0 Å². The van der Waals surface area contributed by atoms with Gasteiger partial charge in [-0.3, -0.25) is 0 Å². The molecule has 6 heteroatoms. The van der Waals surface area contributed by atoms with Crippen molar-refractivity contribution in [3.8, 4) is 0 Å². The summed E-state index contributed by atoms with van der Waals surface area (Å²) in [5.41, 5.74) is 0.865. The highest BCUT2D eigenvalue weighted by Crippen LogP contribution is 2.24. The van der Waals surface area contributed by atoms with Crippen LogP contribution in [-0.2, 0) is 0 Å². The summed E-state index contributed by atoms with van der Waals surface area (Å²) in [4.78, 5) is 0. The van der Waals surface area contributed by atoms with E-state index in [-0.39, 0.29) is 9.52 Å². The molecule has 0 aliphatic carbocycles. The first-order valence-electron chi connectivity index (χ1n) is 2.69. The van der Waals surface area contributed by atoms with Crippen LogP contribution in [0.15, 0.2) is 0 Å². The van der Waals surface area contributed by atoms with E-state index in [2.05, 4.69) is 0 Å². The summed E-state index contributed by atoms with van der Waals surface area (Å²) in [6.45, 7) is 0. The maximum Gasteiger partial charge on any atom is 0.338 e. The fraction of sp³-hybridized carbons (Fsp3) is 1.00. The third-order valence-corrected chi connectivity index (χ3v) is 11.2. The average molecular weight is 242 g/mol. The Kier molecular flexibility index (Phi) is 6.20. The first-order chi connectivity index (χ1) is 4.06. The van der Waals surface area contributed by atoms with E-state index in [9.17, 15) is 0 Å². The van der Waals surface area contributed by atoms with E-state index in [1.165, 1.54) is 0 Å². The molecule has 0 amide bonds. The first-order valence-corrected chi connectivity index (χ1v) is 10.5. The van der Waals surface area contributed by atoms with E-state index in [4.69, 9.17) is 44.8 Å². The molecule has 0 aromatic carbocycles. The summed E-state index contributed by atoms with van der Waals surface area (Å²) in [5.74, 6) is 0.724. The summed E-state index contributed by atoms with van der Waals surface area (Å²) in [6, 6.07) is -1.19. The van der Waals surface area contributed by atoms with Gasteiger partial charge in [0.2, 0.25) is 0 Å². The maximum absolute atomic E-state index is 5.63. The second-order valence-corrected chi connectivity index (χ2v) is 14.3. The van der Waals surface area contributed by atoms with Crippen molar-refractivity contribution in [2.75, 3.05) is 5.88 Å². The normalized spacial score (nSPS) is 13.3. The first kappa shape index (κ1) is 10.6. The topological polar surface area (TPSA) is 0 Å². The molecule has 56 valence electrons. The second kappa shape index (κ2) is 5.27. The van der Waals surface area contributed by atoms with E-state index in [1.54, 1.807) is 0 Å². The Bertz CT molecular complexity index is 70.7. The van der Waals surface area contributed by atoms with Gasteiger partial charge in [-0.05, 0) is 11.7 Å². The van der Waals surface area contributed by atoms with Gasteiger partial charge in [-0.2, -0.15) is 0 Å². The van der Waals surface area contributed by atoms with Crippen LogP contribution in [0.5, 0.6) is 0 Å². The Balaban J connectivity index is 3.07. The highest BCUT2D eigenvalue weighted by atomic mass is 35.8. The monoisotopic (exact) mass is 240 g/mol. The molecule has 0 atom stereocenters. The molecular formula is C3H8Cl4Si2. The van der Waals surface area contributed by atoms with E-state index < -0.39 is 6.00 Å². The van der Waals surface area contributed by atoms with Crippen LogP contribution in [0.4, 0.5) is 0 Å². The van der Waals surface area contributed by atoms with Crippen LogP contribution >= 0.6 is 44.8 Å². The maximum atomic E-state index is 5.63. The van der Waals surface area contributed by atoms with Crippen LogP contribution < -0.4 is 0 Å². The van der Waals surface area contributed by atoms with Gasteiger partial charge in [0.05, 0.1) is 0 Å². The highest BCUT2D eigenvalue weighted by Gasteiger charge is 2.23. The summed E-state index contributed by atoms with van der Waals surface area (Å²) < 4.78 is 0. The second-order valence-electron chi connectivity index (χ2n) is 1.76. The van der Waals surface area contributed by atoms with Crippen LogP contribution in [0.3, 0.4) is 0 Å². The van der Waals surface area contributed by atoms with Crippen molar-refractivity contribution in [3.05, 3.63) is 0 Å². The Hall–Kier alpha value is 1.59. The van der Waals surface area contributed by atoms with Crippen LogP contribution in [0, 0.1) is 0 Å². The Labute approximate surface area is 77.8 Å². The Morgan fingerprint density at radius 1 is 1.22 bits per heavy atom. The molecule has 0 aliphatic rings. The SMILES string of the molecule is ClCC[SiH2]C[Si](Cl)(Cl)Cl. The zero-order valence-electron chi connectivity index (χ0n) is 4.84. The van der Waals surface area contributed by atoms with E-state index in [0.717, 1.165) is 17.6 Å². The van der Waals surface area contributed by atoms with Crippen molar-refractivity contribution in [1.29, 1.82) is 0 Å². The molecule has 0 rings (SSSR count). The standard InChI is InChI=1S/C3H8Cl4Si2/c4-1-2-8-3-9(5,6)7/h1-3,8H2. The van der Waals surface area contributed by atoms with Gasteiger partial charge in [0.25, 0.3) is 0 Å². The lowest BCUT2D eigenvalue weighted by Gasteiger charge is -2.03. The van der Waals surface area contributed by atoms with Gasteiger partial charge in [0.15, 0.2) is 0 Å². The highest BCUT2D eigenvalue weighted by molar-refractivity contribution is 7.65. The van der Waals surface area contributed by atoms with Crippen molar-refractivity contribution < 1.29 is 0 Å². The van der Waals surface area contributed by atoms with Gasteiger partial charge in [0.1, 0.15) is 0 Å². The Morgan fingerprint density at radius 2 is 1.78 bits per heavy atom. The number of hydrogen-bond acceptors (Lipinski definition) is 0. The molecule has 9 heavy (non-hydrogen) atoms. The molecule has 0 spiro atoms. The van der Waals surface area contributed by atoms with Gasteiger partial charge in [0, 0.05) is 15.4 Å². The van der Waals surface area contributed by atoms with E-state index >= 15 is 0 Å². The number of hydrogen-bond donors (Lipinski definition) is 0. The van der Waals surface area contributed by atoms with Crippen molar-refractivity contribution >= 4 is 60.4 Å². The predicted octanol–water partition coefficient (Wildman–Crippen LogP) is 2.43. The van der Waals surface area contributed by atoms with Gasteiger partial charge in [-0.25, -0.2) is 0 Å². The fourth-order valence-electron chi connectivity index (χ4n) is 0.420. The van der Waals surface area contributed by atoms with Crippen LogP contribution in [0.1, 0.15) is 0 Å². The third-order valence-electron chi connectivity index (χ3n) is 0.844. The van der Waals surface area contributed by atoms with Gasteiger partial charge in [-0.15, -0.1) is 44.8 Å².